The highest BCUT2D eigenvalue weighted by molar-refractivity contribution is 7.80. The Morgan fingerprint density at radius 1 is 0.806 bits per heavy atom. The number of piperazine rings is 1. The van der Waals surface area contributed by atoms with Gasteiger partial charge in [0.15, 0.2) is 5.11 Å². The summed E-state index contributed by atoms with van der Waals surface area (Å²) in [7, 11) is 3.37. The van der Waals surface area contributed by atoms with E-state index in [0.29, 0.717) is 0 Å². The van der Waals surface area contributed by atoms with Gasteiger partial charge in [-0.05, 0) is 59.7 Å². The molecule has 0 radical (unpaired) electrons. The van der Waals surface area contributed by atoms with Crippen LogP contribution in [0.1, 0.15) is 0 Å². The van der Waals surface area contributed by atoms with E-state index >= 15 is 0 Å². The van der Waals surface area contributed by atoms with E-state index in [-0.39, 0.29) is 0 Å². The minimum absolute atomic E-state index is 0.720. The topological polar surface area (TPSA) is 37.0 Å². The minimum atomic E-state index is 0.720. The Morgan fingerprint density at radius 3 is 2.16 bits per heavy atom. The van der Waals surface area contributed by atoms with Crippen molar-refractivity contribution in [3.05, 3.63) is 72.8 Å². The Kier molecular flexibility index (Phi) is 6.57. The van der Waals surface area contributed by atoms with Crippen LogP contribution in [0.5, 0.6) is 11.5 Å². The van der Waals surface area contributed by atoms with E-state index in [1.165, 1.54) is 5.69 Å². The van der Waals surface area contributed by atoms with E-state index in [2.05, 4.69) is 51.5 Å². The summed E-state index contributed by atoms with van der Waals surface area (Å²) in [5.41, 5.74) is 4.37. The highest BCUT2D eigenvalue weighted by Crippen LogP contribution is 2.31. The summed E-state index contributed by atoms with van der Waals surface area (Å²) < 4.78 is 10.8. The average molecular weight is 434 g/mol. The van der Waals surface area contributed by atoms with Crippen LogP contribution in [-0.4, -0.2) is 50.4 Å². The van der Waals surface area contributed by atoms with Crippen molar-refractivity contribution < 1.29 is 9.47 Å². The van der Waals surface area contributed by atoms with Crippen molar-refractivity contribution in [2.45, 2.75) is 0 Å². The van der Waals surface area contributed by atoms with Gasteiger partial charge in [0.05, 0.1) is 19.9 Å². The van der Waals surface area contributed by atoms with E-state index in [1.807, 2.05) is 36.4 Å². The largest absolute Gasteiger partial charge is 0.497 e. The first-order valence-electron chi connectivity index (χ1n) is 10.4. The van der Waals surface area contributed by atoms with Crippen LogP contribution in [0.25, 0.3) is 11.1 Å². The van der Waals surface area contributed by atoms with Crippen molar-refractivity contribution >= 4 is 28.7 Å². The number of nitrogens with one attached hydrogen (secondary N) is 1. The van der Waals surface area contributed by atoms with Gasteiger partial charge in [0.1, 0.15) is 11.5 Å². The molecule has 0 spiro atoms. The maximum atomic E-state index is 5.74. The average Bonchev–Trinajstić information content (AvgIpc) is 2.84. The van der Waals surface area contributed by atoms with Gasteiger partial charge < -0.3 is 24.6 Å². The first-order valence-corrected chi connectivity index (χ1v) is 10.8. The van der Waals surface area contributed by atoms with E-state index < -0.39 is 0 Å². The van der Waals surface area contributed by atoms with Gasteiger partial charge in [0, 0.05) is 31.9 Å². The van der Waals surface area contributed by atoms with Gasteiger partial charge in [-0.15, -0.1) is 0 Å². The number of rotatable bonds is 5. The Hall–Kier alpha value is -3.25. The number of thiocarbonyl (C=S) groups is 1. The quantitative estimate of drug-likeness (QED) is 0.578. The maximum Gasteiger partial charge on any atom is 0.173 e. The molecule has 1 aliphatic heterocycles. The Bertz CT molecular complexity index is 1020. The van der Waals surface area contributed by atoms with Crippen molar-refractivity contribution in [2.24, 2.45) is 0 Å². The Morgan fingerprint density at radius 2 is 1.52 bits per heavy atom. The zero-order chi connectivity index (χ0) is 21.6. The van der Waals surface area contributed by atoms with Crippen LogP contribution in [0.3, 0.4) is 0 Å². The Labute approximate surface area is 189 Å². The third-order valence-corrected chi connectivity index (χ3v) is 5.91. The van der Waals surface area contributed by atoms with Crippen LogP contribution in [0.2, 0.25) is 0 Å². The summed E-state index contributed by atoms with van der Waals surface area (Å²) in [5.74, 6) is 1.65. The lowest BCUT2D eigenvalue weighted by molar-refractivity contribution is 0.389. The molecule has 0 unspecified atom stereocenters. The lowest BCUT2D eigenvalue weighted by Crippen LogP contribution is -2.50. The molecule has 1 saturated heterocycles. The molecular formula is C25H27N3O2S. The molecule has 1 heterocycles. The number of hydrogen-bond acceptors (Lipinski definition) is 4. The van der Waals surface area contributed by atoms with Crippen molar-refractivity contribution in [3.8, 4) is 22.6 Å². The minimum Gasteiger partial charge on any atom is -0.497 e. The lowest BCUT2D eigenvalue weighted by atomic mass is 10.0. The second-order valence-corrected chi connectivity index (χ2v) is 7.77. The molecule has 0 saturated carbocycles. The molecule has 3 aromatic carbocycles. The third-order valence-electron chi connectivity index (χ3n) is 5.55. The first kappa shape index (κ1) is 21.0. The van der Waals surface area contributed by atoms with Crippen LogP contribution in [0.15, 0.2) is 72.8 Å². The van der Waals surface area contributed by atoms with Crippen LogP contribution in [0, 0.1) is 0 Å². The number of methoxy groups -OCH3 is 2. The molecule has 0 aliphatic carbocycles. The molecule has 6 heteroatoms. The van der Waals surface area contributed by atoms with E-state index in [9.17, 15) is 0 Å². The molecule has 4 rings (SSSR count). The SMILES string of the molecule is COc1ccc(N2CCN(C(=S)Nc3cc(-c4ccccc4)ccc3OC)CC2)cc1. The summed E-state index contributed by atoms with van der Waals surface area (Å²) in [6, 6.07) is 24.6. The molecule has 5 nitrogen and oxygen atoms in total. The fourth-order valence-corrected chi connectivity index (χ4v) is 4.06. The Balaban J connectivity index is 1.41. The van der Waals surface area contributed by atoms with Crippen LogP contribution in [-0.2, 0) is 0 Å². The fraction of sp³-hybridized carbons (Fsp3) is 0.240. The third kappa shape index (κ3) is 4.91. The molecule has 1 fully saturated rings. The molecule has 31 heavy (non-hydrogen) atoms. The van der Waals surface area contributed by atoms with Crippen LogP contribution >= 0.6 is 12.2 Å². The second kappa shape index (κ2) is 9.71. The van der Waals surface area contributed by atoms with Crippen molar-refractivity contribution in [1.82, 2.24) is 4.90 Å². The van der Waals surface area contributed by atoms with Crippen LogP contribution in [0.4, 0.5) is 11.4 Å². The number of anilines is 2. The van der Waals surface area contributed by atoms with Crippen molar-refractivity contribution in [2.75, 3.05) is 50.6 Å². The molecule has 1 N–H and O–H groups in total. The number of hydrogen-bond donors (Lipinski definition) is 1. The first-order chi connectivity index (χ1) is 15.2. The van der Waals surface area contributed by atoms with E-state index in [4.69, 9.17) is 21.7 Å². The van der Waals surface area contributed by atoms with Gasteiger partial charge in [0.2, 0.25) is 0 Å². The summed E-state index contributed by atoms with van der Waals surface area (Å²) in [6.07, 6.45) is 0. The van der Waals surface area contributed by atoms with Gasteiger partial charge >= 0.3 is 0 Å². The van der Waals surface area contributed by atoms with E-state index in [0.717, 1.165) is 59.6 Å². The predicted molar refractivity (Wildman–Crippen MR) is 131 cm³/mol. The molecule has 0 bridgehead atoms. The van der Waals surface area contributed by atoms with Gasteiger partial charge in [-0.1, -0.05) is 36.4 Å². The van der Waals surface area contributed by atoms with Gasteiger partial charge in [0.25, 0.3) is 0 Å². The smallest absolute Gasteiger partial charge is 0.173 e. The molecule has 0 amide bonds. The summed E-state index contributed by atoms with van der Waals surface area (Å²) in [5, 5.41) is 4.13. The summed E-state index contributed by atoms with van der Waals surface area (Å²) in [6.45, 7) is 3.54. The fourth-order valence-electron chi connectivity index (χ4n) is 3.77. The second-order valence-electron chi connectivity index (χ2n) is 7.38. The molecule has 1 aliphatic rings. The maximum absolute atomic E-state index is 5.74. The van der Waals surface area contributed by atoms with Gasteiger partial charge in [-0.3, -0.25) is 0 Å². The zero-order valence-electron chi connectivity index (χ0n) is 17.9. The molecule has 0 atom stereocenters. The zero-order valence-corrected chi connectivity index (χ0v) is 18.7. The number of ether oxygens (including phenoxy) is 2. The normalized spacial score (nSPS) is 13.6. The van der Waals surface area contributed by atoms with Crippen molar-refractivity contribution in [1.29, 1.82) is 0 Å². The molecule has 0 aromatic heterocycles. The monoisotopic (exact) mass is 433 g/mol. The summed E-state index contributed by atoms with van der Waals surface area (Å²) >= 11 is 5.74. The molecule has 3 aromatic rings. The highest BCUT2D eigenvalue weighted by atomic mass is 32.1. The number of nitrogens with zero attached hydrogens (tertiary/aromatic N) is 2. The van der Waals surface area contributed by atoms with Gasteiger partial charge in [-0.25, -0.2) is 0 Å². The highest BCUT2D eigenvalue weighted by Gasteiger charge is 2.20. The molecule has 160 valence electrons. The van der Waals surface area contributed by atoms with Crippen molar-refractivity contribution in [3.63, 3.8) is 0 Å². The lowest BCUT2D eigenvalue weighted by Gasteiger charge is -2.37. The standard InChI is InChI=1S/C25H27N3O2S/c1-29-22-11-9-21(10-12-22)27-14-16-28(17-15-27)25(31)26-23-18-20(8-13-24(23)30-2)19-6-4-3-5-7-19/h3-13,18H,14-17H2,1-2H3,(H,26,31). The predicted octanol–water partition coefficient (Wildman–Crippen LogP) is 4.89. The van der Waals surface area contributed by atoms with Crippen LogP contribution < -0.4 is 19.7 Å². The summed E-state index contributed by atoms with van der Waals surface area (Å²) in [4.78, 5) is 4.58. The molecular weight excluding hydrogens is 406 g/mol. The number of benzene rings is 3. The van der Waals surface area contributed by atoms with Gasteiger partial charge in [-0.2, -0.15) is 0 Å². The van der Waals surface area contributed by atoms with E-state index in [1.54, 1.807) is 14.2 Å².